The molecule has 1 aromatic rings. The van der Waals surface area contributed by atoms with E-state index in [1.807, 2.05) is 0 Å². The van der Waals surface area contributed by atoms with E-state index in [2.05, 4.69) is 47.9 Å². The van der Waals surface area contributed by atoms with E-state index in [0.717, 1.165) is 32.7 Å². The second-order valence-corrected chi connectivity index (χ2v) is 5.86. The average molecular weight is 277 g/mol. The van der Waals surface area contributed by atoms with Crippen molar-refractivity contribution in [2.75, 3.05) is 26.2 Å². The fourth-order valence-corrected chi connectivity index (χ4v) is 3.30. The Morgan fingerprint density at radius 1 is 1.20 bits per heavy atom. The van der Waals surface area contributed by atoms with E-state index >= 15 is 0 Å². The van der Waals surface area contributed by atoms with E-state index in [0.29, 0.717) is 6.04 Å². The zero-order valence-corrected chi connectivity index (χ0v) is 13.5. The number of likely N-dealkylation sites (N-methyl/N-ethyl adjacent to an activating group) is 1. The molecule has 2 rings (SSSR count). The summed E-state index contributed by atoms with van der Waals surface area (Å²) >= 11 is 0. The van der Waals surface area contributed by atoms with Crippen LogP contribution in [0.5, 0.6) is 0 Å². The number of aromatic nitrogens is 1. The molecule has 1 N–H and O–H groups in total. The van der Waals surface area contributed by atoms with Gasteiger partial charge in [0.2, 0.25) is 0 Å². The minimum absolute atomic E-state index is 0.576. The highest BCUT2D eigenvalue weighted by Crippen LogP contribution is 2.29. The maximum absolute atomic E-state index is 3.66. The Morgan fingerprint density at radius 2 is 2.00 bits per heavy atom. The number of rotatable bonds is 7. The van der Waals surface area contributed by atoms with Gasteiger partial charge in [0.1, 0.15) is 0 Å². The zero-order valence-electron chi connectivity index (χ0n) is 13.5. The maximum atomic E-state index is 3.66. The molecule has 1 aliphatic carbocycles. The van der Waals surface area contributed by atoms with E-state index in [1.165, 1.54) is 25.7 Å². The van der Waals surface area contributed by atoms with Gasteiger partial charge in [-0.15, -0.1) is 0 Å². The summed E-state index contributed by atoms with van der Waals surface area (Å²) in [5.74, 6) is 0. The van der Waals surface area contributed by atoms with Gasteiger partial charge in [-0.05, 0) is 50.0 Å². The molecule has 0 saturated heterocycles. The zero-order chi connectivity index (χ0) is 14.4. The molecule has 114 valence electrons. The number of nitrogens with one attached hydrogen (secondary N) is 1. The molecule has 3 nitrogen and oxygen atoms in total. The summed E-state index contributed by atoms with van der Waals surface area (Å²) in [6.45, 7) is 12.3. The summed E-state index contributed by atoms with van der Waals surface area (Å²) in [6, 6.07) is 0.576. The van der Waals surface area contributed by atoms with E-state index in [4.69, 9.17) is 0 Å². The predicted octanol–water partition coefficient (Wildman–Crippen LogP) is 3.21. The van der Waals surface area contributed by atoms with Gasteiger partial charge < -0.3 is 14.8 Å². The smallest absolute Gasteiger partial charge is 0.0347 e. The van der Waals surface area contributed by atoms with Crippen LogP contribution in [0.25, 0.3) is 0 Å². The molecule has 1 unspecified atom stereocenters. The average Bonchev–Trinajstić information content (AvgIpc) is 2.78. The molecule has 1 aromatic heterocycles. The Bertz CT molecular complexity index is 393. The molecule has 1 atom stereocenters. The molecular weight excluding hydrogens is 246 g/mol. The van der Waals surface area contributed by atoms with Crippen molar-refractivity contribution in [3.63, 3.8) is 0 Å². The van der Waals surface area contributed by atoms with Crippen LogP contribution < -0.4 is 5.32 Å². The van der Waals surface area contributed by atoms with Gasteiger partial charge >= 0.3 is 0 Å². The number of aryl methyl sites for hydroxylation is 1. The second kappa shape index (κ2) is 7.84. The Balaban J connectivity index is 2.04. The molecular formula is C17H31N3. The topological polar surface area (TPSA) is 20.2 Å². The van der Waals surface area contributed by atoms with Crippen LogP contribution in [-0.2, 0) is 13.0 Å². The minimum Gasteiger partial charge on any atom is -0.352 e. The molecule has 0 amide bonds. The Hall–Kier alpha value is -0.800. The highest BCUT2D eigenvalue weighted by Gasteiger charge is 2.19. The fraction of sp³-hybridized carbons (Fsp3) is 0.765. The van der Waals surface area contributed by atoms with Gasteiger partial charge in [0.15, 0.2) is 0 Å². The summed E-state index contributed by atoms with van der Waals surface area (Å²) in [7, 11) is 0. The number of fused-ring (bicyclic) bond motifs is 1. The van der Waals surface area contributed by atoms with Gasteiger partial charge in [0.05, 0.1) is 0 Å². The van der Waals surface area contributed by atoms with E-state index < -0.39 is 0 Å². The number of hydrogen-bond acceptors (Lipinski definition) is 2. The molecule has 0 saturated carbocycles. The number of hydrogen-bond donors (Lipinski definition) is 1. The summed E-state index contributed by atoms with van der Waals surface area (Å²) in [5.41, 5.74) is 3.14. The molecule has 0 aliphatic heterocycles. The quantitative estimate of drug-likeness (QED) is 0.772. The first-order valence-electron chi connectivity index (χ1n) is 8.42. The van der Waals surface area contributed by atoms with Crippen molar-refractivity contribution >= 4 is 0 Å². The van der Waals surface area contributed by atoms with Crippen LogP contribution in [-0.4, -0.2) is 35.6 Å². The van der Waals surface area contributed by atoms with E-state index in [-0.39, 0.29) is 0 Å². The lowest BCUT2D eigenvalue weighted by Gasteiger charge is -2.18. The van der Waals surface area contributed by atoms with Crippen LogP contribution in [0.2, 0.25) is 0 Å². The van der Waals surface area contributed by atoms with Crippen LogP contribution in [0.4, 0.5) is 0 Å². The standard InChI is InChI=1S/C17H31N3/c1-4-18-17-10-8-7-9-15-13-20(14-16(15)17)12-11-19(5-2)6-3/h13-14,17-18H,4-12H2,1-3H3. The van der Waals surface area contributed by atoms with Gasteiger partial charge in [0, 0.05) is 31.5 Å². The molecule has 1 heterocycles. The van der Waals surface area contributed by atoms with Crippen molar-refractivity contribution < 1.29 is 0 Å². The van der Waals surface area contributed by atoms with Gasteiger partial charge in [-0.3, -0.25) is 0 Å². The third kappa shape index (κ3) is 3.86. The summed E-state index contributed by atoms with van der Waals surface area (Å²) in [6.07, 6.45) is 10.0. The van der Waals surface area contributed by atoms with Gasteiger partial charge in [-0.2, -0.15) is 0 Å². The number of nitrogens with zero attached hydrogens (tertiary/aromatic N) is 2. The monoisotopic (exact) mass is 277 g/mol. The highest BCUT2D eigenvalue weighted by atomic mass is 15.1. The van der Waals surface area contributed by atoms with Crippen LogP contribution in [0, 0.1) is 0 Å². The highest BCUT2D eigenvalue weighted by molar-refractivity contribution is 5.29. The fourth-order valence-electron chi connectivity index (χ4n) is 3.30. The summed E-state index contributed by atoms with van der Waals surface area (Å²) in [4.78, 5) is 2.49. The molecule has 0 fully saturated rings. The first-order valence-corrected chi connectivity index (χ1v) is 8.42. The van der Waals surface area contributed by atoms with Gasteiger partial charge in [0.25, 0.3) is 0 Å². The third-order valence-electron chi connectivity index (χ3n) is 4.58. The summed E-state index contributed by atoms with van der Waals surface area (Å²) < 4.78 is 2.42. The SMILES string of the molecule is CCNC1CCCCc2cn(CCN(CC)CC)cc21. The first kappa shape index (κ1) is 15.6. The summed E-state index contributed by atoms with van der Waals surface area (Å²) in [5, 5.41) is 3.66. The molecule has 0 radical (unpaired) electrons. The minimum atomic E-state index is 0.576. The van der Waals surface area contributed by atoms with Crippen molar-refractivity contribution in [2.24, 2.45) is 0 Å². The van der Waals surface area contributed by atoms with E-state index in [9.17, 15) is 0 Å². The maximum Gasteiger partial charge on any atom is 0.0347 e. The predicted molar refractivity (Wildman–Crippen MR) is 86.2 cm³/mol. The van der Waals surface area contributed by atoms with Crippen molar-refractivity contribution in [1.29, 1.82) is 0 Å². The second-order valence-electron chi connectivity index (χ2n) is 5.86. The molecule has 0 spiro atoms. The molecule has 0 aromatic carbocycles. The first-order chi connectivity index (χ1) is 9.78. The van der Waals surface area contributed by atoms with Crippen molar-refractivity contribution in [3.8, 4) is 0 Å². The lowest BCUT2D eigenvalue weighted by molar-refractivity contribution is 0.290. The molecule has 1 aliphatic rings. The largest absolute Gasteiger partial charge is 0.352 e. The van der Waals surface area contributed by atoms with Crippen molar-refractivity contribution in [2.45, 2.75) is 59.0 Å². The van der Waals surface area contributed by atoms with E-state index in [1.54, 1.807) is 11.1 Å². The van der Waals surface area contributed by atoms with Crippen LogP contribution >= 0.6 is 0 Å². The lowest BCUT2D eigenvalue weighted by Crippen LogP contribution is -2.26. The molecule has 0 bridgehead atoms. The lowest BCUT2D eigenvalue weighted by atomic mass is 10.0. The van der Waals surface area contributed by atoms with Crippen molar-refractivity contribution in [3.05, 3.63) is 23.5 Å². The van der Waals surface area contributed by atoms with Crippen LogP contribution in [0.3, 0.4) is 0 Å². The third-order valence-corrected chi connectivity index (χ3v) is 4.58. The Labute approximate surface area is 124 Å². The van der Waals surface area contributed by atoms with Gasteiger partial charge in [-0.25, -0.2) is 0 Å². The Kier molecular flexibility index (Phi) is 6.11. The van der Waals surface area contributed by atoms with Crippen molar-refractivity contribution in [1.82, 2.24) is 14.8 Å². The molecule has 3 heteroatoms. The molecule has 20 heavy (non-hydrogen) atoms. The Morgan fingerprint density at radius 3 is 2.70 bits per heavy atom. The van der Waals surface area contributed by atoms with Crippen LogP contribution in [0.15, 0.2) is 12.4 Å². The normalized spacial score (nSPS) is 19.1. The van der Waals surface area contributed by atoms with Crippen LogP contribution in [0.1, 0.15) is 57.2 Å². The van der Waals surface area contributed by atoms with Gasteiger partial charge in [-0.1, -0.05) is 27.2 Å².